The number of likely N-dealkylation sites (tertiary alicyclic amines) is 2. The van der Waals surface area contributed by atoms with Crippen molar-refractivity contribution in [2.75, 3.05) is 32.7 Å². The van der Waals surface area contributed by atoms with Crippen LogP contribution in [0.3, 0.4) is 0 Å². The first kappa shape index (κ1) is 22.9. The number of carbonyl (C=O) groups is 2. The Bertz CT molecular complexity index is 734. The molecular weight excluding hydrogens is 376 g/mol. The zero-order chi connectivity index (χ0) is 21.7. The molecule has 168 valence electrons. The summed E-state index contributed by atoms with van der Waals surface area (Å²) in [6.07, 6.45) is 7.38. The lowest BCUT2D eigenvalue weighted by Gasteiger charge is -2.33. The zero-order valence-electron chi connectivity index (χ0n) is 19.4. The van der Waals surface area contributed by atoms with Crippen molar-refractivity contribution in [1.29, 1.82) is 0 Å². The van der Waals surface area contributed by atoms with E-state index in [2.05, 4.69) is 29.0 Å². The Hall–Kier alpha value is -1.82. The molecule has 2 saturated heterocycles. The van der Waals surface area contributed by atoms with E-state index in [1.165, 1.54) is 31.4 Å². The van der Waals surface area contributed by atoms with Gasteiger partial charge < -0.3 is 20.1 Å². The number of piperidine rings is 2. The Morgan fingerprint density at radius 3 is 2.40 bits per heavy atom. The molecule has 0 spiro atoms. The summed E-state index contributed by atoms with van der Waals surface area (Å²) in [4.78, 5) is 32.9. The van der Waals surface area contributed by atoms with Gasteiger partial charge in [-0.25, -0.2) is 0 Å². The summed E-state index contributed by atoms with van der Waals surface area (Å²) in [5.41, 5.74) is 4.01. The van der Waals surface area contributed by atoms with E-state index in [1.54, 1.807) is 0 Å². The molecule has 0 unspecified atom stereocenters. The maximum atomic E-state index is 12.9. The Balaban J connectivity index is 1.34. The molecule has 2 aliphatic heterocycles. The van der Waals surface area contributed by atoms with E-state index in [0.29, 0.717) is 18.4 Å². The van der Waals surface area contributed by atoms with Gasteiger partial charge in [0.2, 0.25) is 5.91 Å². The van der Waals surface area contributed by atoms with Crippen LogP contribution in [0, 0.1) is 26.7 Å². The summed E-state index contributed by atoms with van der Waals surface area (Å²) in [7, 11) is 0. The van der Waals surface area contributed by atoms with Crippen LogP contribution < -0.4 is 5.32 Å². The summed E-state index contributed by atoms with van der Waals surface area (Å²) in [5.74, 6) is 0.640. The van der Waals surface area contributed by atoms with Crippen LogP contribution in [0.15, 0.2) is 0 Å². The Morgan fingerprint density at radius 1 is 1.03 bits per heavy atom. The highest BCUT2D eigenvalue weighted by Gasteiger charge is 2.27. The van der Waals surface area contributed by atoms with Crippen molar-refractivity contribution >= 4 is 11.8 Å². The number of hydrogen-bond donors (Lipinski definition) is 2. The topological polar surface area (TPSA) is 68.4 Å². The SMILES string of the molecule is Cc1[nH]c(C(=O)N2CCC(CC(=O)NCCCN3CCCC[C@H]3C)CC2)c(C)c1C. The number of nitrogens with one attached hydrogen (secondary N) is 2. The van der Waals surface area contributed by atoms with Crippen molar-refractivity contribution in [3.05, 3.63) is 22.5 Å². The predicted octanol–water partition coefficient (Wildman–Crippen LogP) is 3.56. The number of nitrogens with zero attached hydrogens (tertiary/aromatic N) is 2. The largest absolute Gasteiger partial charge is 0.356 e. The van der Waals surface area contributed by atoms with Crippen LogP contribution in [-0.4, -0.2) is 65.4 Å². The summed E-state index contributed by atoms with van der Waals surface area (Å²) >= 11 is 0. The van der Waals surface area contributed by atoms with Crippen LogP contribution in [0.5, 0.6) is 0 Å². The third kappa shape index (κ3) is 5.65. The molecule has 1 atom stereocenters. The summed E-state index contributed by atoms with van der Waals surface area (Å²) in [6.45, 7) is 12.9. The lowest BCUT2D eigenvalue weighted by molar-refractivity contribution is -0.122. The van der Waals surface area contributed by atoms with Crippen molar-refractivity contribution in [2.45, 2.75) is 78.7 Å². The first-order chi connectivity index (χ1) is 14.4. The molecule has 3 heterocycles. The second-order valence-corrected chi connectivity index (χ2v) is 9.40. The van der Waals surface area contributed by atoms with Gasteiger partial charge >= 0.3 is 0 Å². The van der Waals surface area contributed by atoms with Gasteiger partial charge in [0, 0.05) is 44.3 Å². The molecule has 3 rings (SSSR count). The van der Waals surface area contributed by atoms with Crippen LogP contribution >= 0.6 is 0 Å². The monoisotopic (exact) mass is 416 g/mol. The zero-order valence-corrected chi connectivity index (χ0v) is 19.4. The number of amides is 2. The maximum Gasteiger partial charge on any atom is 0.270 e. The number of H-pyrrole nitrogens is 1. The molecule has 2 aliphatic rings. The van der Waals surface area contributed by atoms with Crippen LogP contribution in [0.1, 0.15) is 79.2 Å². The first-order valence-electron chi connectivity index (χ1n) is 11.8. The Labute approximate surface area is 181 Å². The van der Waals surface area contributed by atoms with Crippen LogP contribution in [0.2, 0.25) is 0 Å². The Morgan fingerprint density at radius 2 is 1.77 bits per heavy atom. The third-order valence-corrected chi connectivity index (χ3v) is 7.29. The molecule has 0 aromatic carbocycles. The molecule has 30 heavy (non-hydrogen) atoms. The molecule has 0 aliphatic carbocycles. The van der Waals surface area contributed by atoms with E-state index in [0.717, 1.165) is 62.4 Å². The second kappa shape index (κ2) is 10.5. The highest BCUT2D eigenvalue weighted by molar-refractivity contribution is 5.94. The molecule has 1 aromatic heterocycles. The van der Waals surface area contributed by atoms with Crippen LogP contribution in [-0.2, 0) is 4.79 Å². The normalized spacial score (nSPS) is 21.1. The molecule has 0 saturated carbocycles. The van der Waals surface area contributed by atoms with Gasteiger partial charge in [-0.05, 0) is 83.4 Å². The lowest BCUT2D eigenvalue weighted by Crippen LogP contribution is -2.40. The lowest BCUT2D eigenvalue weighted by atomic mass is 9.93. The number of aryl methyl sites for hydroxylation is 1. The molecular formula is C24H40N4O2. The van der Waals surface area contributed by atoms with Crippen LogP contribution in [0.4, 0.5) is 0 Å². The Kier molecular flexibility index (Phi) is 7.98. The molecule has 2 N–H and O–H groups in total. The summed E-state index contributed by atoms with van der Waals surface area (Å²) < 4.78 is 0. The average molecular weight is 417 g/mol. The fourth-order valence-electron chi connectivity index (χ4n) is 4.89. The van der Waals surface area contributed by atoms with Crippen molar-refractivity contribution in [2.24, 2.45) is 5.92 Å². The van der Waals surface area contributed by atoms with E-state index in [1.807, 2.05) is 18.7 Å². The fourth-order valence-corrected chi connectivity index (χ4v) is 4.89. The average Bonchev–Trinajstić information content (AvgIpc) is 3.00. The van der Waals surface area contributed by atoms with E-state index >= 15 is 0 Å². The number of aromatic nitrogens is 1. The molecule has 2 amide bonds. The maximum absolute atomic E-state index is 12.9. The molecule has 2 fully saturated rings. The summed E-state index contributed by atoms with van der Waals surface area (Å²) in [5, 5.41) is 3.11. The quantitative estimate of drug-likeness (QED) is 0.668. The van der Waals surface area contributed by atoms with Gasteiger partial charge in [0.15, 0.2) is 0 Å². The van der Waals surface area contributed by atoms with Gasteiger partial charge in [0.1, 0.15) is 5.69 Å². The molecule has 6 nitrogen and oxygen atoms in total. The predicted molar refractivity (Wildman–Crippen MR) is 121 cm³/mol. The van der Waals surface area contributed by atoms with Gasteiger partial charge in [0.05, 0.1) is 0 Å². The van der Waals surface area contributed by atoms with Gasteiger partial charge in [-0.2, -0.15) is 0 Å². The second-order valence-electron chi connectivity index (χ2n) is 9.40. The van der Waals surface area contributed by atoms with E-state index < -0.39 is 0 Å². The number of carbonyl (C=O) groups excluding carboxylic acids is 2. The molecule has 0 radical (unpaired) electrons. The third-order valence-electron chi connectivity index (χ3n) is 7.29. The van der Waals surface area contributed by atoms with Gasteiger partial charge in [-0.3, -0.25) is 9.59 Å². The standard InChI is InChI=1S/C24H40N4O2/c1-17-8-5-6-12-27(17)13-7-11-25-22(29)16-21-9-14-28(15-10-21)24(30)23-19(3)18(2)20(4)26-23/h17,21,26H,5-16H2,1-4H3,(H,25,29)/t17-/m1/s1. The van der Waals surface area contributed by atoms with Crippen molar-refractivity contribution < 1.29 is 9.59 Å². The smallest absolute Gasteiger partial charge is 0.270 e. The molecule has 1 aromatic rings. The van der Waals surface area contributed by atoms with Crippen molar-refractivity contribution in [3.8, 4) is 0 Å². The number of rotatable bonds is 7. The molecule has 0 bridgehead atoms. The van der Waals surface area contributed by atoms with Gasteiger partial charge in [0.25, 0.3) is 5.91 Å². The summed E-state index contributed by atoms with van der Waals surface area (Å²) in [6, 6.07) is 0.685. The minimum Gasteiger partial charge on any atom is -0.356 e. The molecule has 6 heteroatoms. The van der Waals surface area contributed by atoms with E-state index in [9.17, 15) is 9.59 Å². The van der Waals surface area contributed by atoms with E-state index in [-0.39, 0.29) is 11.8 Å². The van der Waals surface area contributed by atoms with Gasteiger partial charge in [-0.1, -0.05) is 6.42 Å². The minimum absolute atomic E-state index is 0.0959. The van der Waals surface area contributed by atoms with Gasteiger partial charge in [-0.15, -0.1) is 0 Å². The first-order valence-corrected chi connectivity index (χ1v) is 11.8. The van der Waals surface area contributed by atoms with E-state index in [4.69, 9.17) is 0 Å². The minimum atomic E-state index is 0.0959. The highest BCUT2D eigenvalue weighted by atomic mass is 16.2. The van der Waals surface area contributed by atoms with Crippen molar-refractivity contribution in [3.63, 3.8) is 0 Å². The van der Waals surface area contributed by atoms with Crippen LogP contribution in [0.25, 0.3) is 0 Å². The van der Waals surface area contributed by atoms with Crippen molar-refractivity contribution in [1.82, 2.24) is 20.1 Å². The number of aromatic amines is 1. The number of hydrogen-bond acceptors (Lipinski definition) is 3. The highest BCUT2D eigenvalue weighted by Crippen LogP contribution is 2.24. The fraction of sp³-hybridized carbons (Fsp3) is 0.750.